The minimum atomic E-state index is -2.68. The fourth-order valence-electron chi connectivity index (χ4n) is 3.11. The topological polar surface area (TPSA) is 100.0 Å². The van der Waals surface area contributed by atoms with Gasteiger partial charge in [0, 0.05) is 32.4 Å². The second-order valence-corrected chi connectivity index (χ2v) is 9.85. The van der Waals surface area contributed by atoms with Gasteiger partial charge in [-0.15, -0.1) is 0 Å². The van der Waals surface area contributed by atoms with Crippen LogP contribution in [0.4, 0.5) is 11.4 Å². The van der Waals surface area contributed by atoms with Crippen molar-refractivity contribution in [3.8, 4) is 11.5 Å². The molecule has 34 heavy (non-hydrogen) atoms. The van der Waals surface area contributed by atoms with Gasteiger partial charge in [-0.1, -0.05) is 0 Å². The molecule has 0 saturated heterocycles. The first-order chi connectivity index (χ1) is 16.5. The quantitative estimate of drug-likeness (QED) is 0.201. The number of hydrogen-bond donors (Lipinski definition) is 1. The predicted molar refractivity (Wildman–Crippen MR) is 132 cm³/mol. The van der Waals surface area contributed by atoms with E-state index in [0.29, 0.717) is 50.3 Å². The fourth-order valence-corrected chi connectivity index (χ4v) is 5.72. The normalized spacial score (nSPS) is 11.5. The molecular weight excluding hydrogens is 454 g/mol. The summed E-state index contributed by atoms with van der Waals surface area (Å²) in [5.41, 5.74) is 1.40. The van der Waals surface area contributed by atoms with Gasteiger partial charge in [-0.2, -0.15) is 10.2 Å². The maximum absolute atomic E-state index is 12.1. The highest BCUT2D eigenvalue weighted by Crippen LogP contribution is 2.23. The van der Waals surface area contributed by atoms with Gasteiger partial charge in [0.05, 0.1) is 18.5 Å². The first-order valence-electron chi connectivity index (χ1n) is 11.5. The highest BCUT2D eigenvalue weighted by Gasteiger charge is 2.39. The number of hydrogen-bond acceptors (Lipinski definition) is 8. The van der Waals surface area contributed by atoms with Crippen LogP contribution in [0.3, 0.4) is 0 Å². The molecule has 0 spiro atoms. The number of amides is 1. The molecule has 0 unspecified atom stereocenters. The van der Waals surface area contributed by atoms with Gasteiger partial charge in [-0.25, -0.2) is 0 Å². The lowest BCUT2D eigenvalue weighted by Crippen LogP contribution is -2.46. The molecule has 0 heterocycles. The van der Waals surface area contributed by atoms with Crippen molar-refractivity contribution in [1.29, 1.82) is 0 Å². The number of carbonyl (C=O) groups is 1. The molecule has 1 amide bonds. The van der Waals surface area contributed by atoms with Crippen LogP contribution >= 0.6 is 0 Å². The molecule has 0 atom stereocenters. The fraction of sp³-hybridized carbons (Fsp3) is 0.458. The molecule has 2 aromatic carbocycles. The first kappa shape index (κ1) is 27.5. The van der Waals surface area contributed by atoms with Gasteiger partial charge in [0.2, 0.25) is 0 Å². The molecule has 0 aromatic heterocycles. The van der Waals surface area contributed by atoms with Gasteiger partial charge in [0.25, 0.3) is 5.91 Å². The van der Waals surface area contributed by atoms with Crippen LogP contribution in [-0.2, 0) is 18.1 Å². The van der Waals surface area contributed by atoms with E-state index < -0.39 is 8.80 Å². The molecule has 9 nitrogen and oxygen atoms in total. The van der Waals surface area contributed by atoms with Gasteiger partial charge in [-0.3, -0.25) is 4.79 Å². The highest BCUT2D eigenvalue weighted by atomic mass is 28.4. The summed E-state index contributed by atoms with van der Waals surface area (Å²) < 4.78 is 28.2. The molecule has 0 aliphatic rings. The SMILES string of the molecule is CCO[Si](CCCNC(=O)COc1ccc(N=Nc2ccc(OC)cc2)cc1)(OCC)OCC. The first-order valence-corrected chi connectivity index (χ1v) is 13.4. The maximum Gasteiger partial charge on any atom is 0.500 e. The predicted octanol–water partition coefficient (Wildman–Crippen LogP) is 5.04. The van der Waals surface area contributed by atoms with E-state index in [4.69, 9.17) is 22.8 Å². The minimum Gasteiger partial charge on any atom is -0.497 e. The monoisotopic (exact) mass is 489 g/mol. The lowest BCUT2D eigenvalue weighted by atomic mass is 10.3. The third-order valence-electron chi connectivity index (χ3n) is 4.63. The Morgan fingerprint density at radius 2 is 1.32 bits per heavy atom. The van der Waals surface area contributed by atoms with Crippen LogP contribution < -0.4 is 14.8 Å². The number of nitrogens with one attached hydrogen (secondary N) is 1. The molecule has 0 radical (unpaired) electrons. The molecule has 2 rings (SSSR count). The molecule has 2 aromatic rings. The van der Waals surface area contributed by atoms with E-state index in [9.17, 15) is 4.79 Å². The minimum absolute atomic E-state index is 0.0718. The zero-order chi connectivity index (χ0) is 24.7. The van der Waals surface area contributed by atoms with Crippen LogP contribution in [0, 0.1) is 0 Å². The largest absolute Gasteiger partial charge is 0.500 e. The molecule has 0 saturated carbocycles. The van der Waals surface area contributed by atoms with E-state index >= 15 is 0 Å². The zero-order valence-corrected chi connectivity index (χ0v) is 21.4. The van der Waals surface area contributed by atoms with Crippen molar-refractivity contribution in [2.75, 3.05) is 40.1 Å². The third kappa shape index (κ3) is 9.60. The summed E-state index contributed by atoms with van der Waals surface area (Å²) in [6.07, 6.45) is 0.700. The van der Waals surface area contributed by atoms with Crippen molar-refractivity contribution >= 4 is 26.1 Å². The standard InChI is InChI=1S/C24H35N3O6Si/c1-5-31-34(32-6-2,33-7-3)18-8-17-25-24(28)19-30-23-15-11-21(12-16-23)27-26-20-9-13-22(29-4)14-10-20/h9-16H,5-8,17-19H2,1-4H3,(H,25,28). The zero-order valence-electron chi connectivity index (χ0n) is 20.4. The van der Waals surface area contributed by atoms with Gasteiger partial charge in [-0.05, 0) is 75.7 Å². The van der Waals surface area contributed by atoms with Crippen LogP contribution in [0.5, 0.6) is 11.5 Å². The molecule has 0 aliphatic carbocycles. The Bertz CT molecular complexity index is 860. The van der Waals surface area contributed by atoms with Crippen molar-refractivity contribution in [3.63, 3.8) is 0 Å². The number of carbonyl (C=O) groups excluding carboxylic acids is 1. The Morgan fingerprint density at radius 1 is 0.824 bits per heavy atom. The van der Waals surface area contributed by atoms with Crippen LogP contribution in [-0.4, -0.2) is 54.8 Å². The average Bonchev–Trinajstić information content (AvgIpc) is 2.85. The molecule has 1 N–H and O–H groups in total. The molecular formula is C24H35N3O6Si. The van der Waals surface area contributed by atoms with Crippen LogP contribution in [0.1, 0.15) is 27.2 Å². The van der Waals surface area contributed by atoms with E-state index in [1.165, 1.54) is 0 Å². The van der Waals surface area contributed by atoms with Gasteiger partial charge >= 0.3 is 8.80 Å². The number of azo groups is 1. The van der Waals surface area contributed by atoms with E-state index in [1.807, 2.05) is 45.0 Å². The van der Waals surface area contributed by atoms with Crippen molar-refractivity contribution < 1.29 is 27.5 Å². The van der Waals surface area contributed by atoms with E-state index in [-0.39, 0.29) is 12.5 Å². The van der Waals surface area contributed by atoms with Crippen LogP contribution in [0.2, 0.25) is 6.04 Å². The number of nitrogens with zero attached hydrogens (tertiary/aromatic N) is 2. The second kappa shape index (κ2) is 15.2. The van der Waals surface area contributed by atoms with Gasteiger partial charge in [0.1, 0.15) is 11.5 Å². The summed E-state index contributed by atoms with van der Waals surface area (Å²) in [6.45, 7) is 7.81. The highest BCUT2D eigenvalue weighted by molar-refractivity contribution is 6.60. The number of methoxy groups -OCH3 is 1. The molecule has 10 heteroatoms. The Balaban J connectivity index is 1.73. The maximum atomic E-state index is 12.1. The van der Waals surface area contributed by atoms with E-state index in [2.05, 4.69) is 15.5 Å². The smallest absolute Gasteiger partial charge is 0.497 e. The summed E-state index contributed by atoms with van der Waals surface area (Å²) in [7, 11) is -1.07. The number of rotatable bonds is 16. The second-order valence-electron chi connectivity index (χ2n) is 7.12. The molecule has 186 valence electrons. The van der Waals surface area contributed by atoms with Crippen molar-refractivity contribution in [1.82, 2.24) is 5.32 Å². The summed E-state index contributed by atoms with van der Waals surface area (Å²) in [5.74, 6) is 1.15. The van der Waals surface area contributed by atoms with E-state index in [1.54, 1.807) is 31.4 Å². The molecule has 0 aliphatic heterocycles. The average molecular weight is 490 g/mol. The lowest BCUT2D eigenvalue weighted by molar-refractivity contribution is -0.123. The number of ether oxygens (including phenoxy) is 2. The summed E-state index contributed by atoms with van der Waals surface area (Å²) >= 11 is 0. The van der Waals surface area contributed by atoms with Crippen LogP contribution in [0.15, 0.2) is 58.8 Å². The van der Waals surface area contributed by atoms with E-state index in [0.717, 1.165) is 11.4 Å². The molecule has 0 bridgehead atoms. The van der Waals surface area contributed by atoms with Crippen molar-refractivity contribution in [2.45, 2.75) is 33.2 Å². The molecule has 0 fully saturated rings. The van der Waals surface area contributed by atoms with Crippen molar-refractivity contribution in [3.05, 3.63) is 48.5 Å². The summed E-state index contributed by atoms with van der Waals surface area (Å²) in [4.78, 5) is 12.1. The van der Waals surface area contributed by atoms with Gasteiger partial charge in [0.15, 0.2) is 6.61 Å². The Labute approximate surface area is 202 Å². The Hall–Kier alpha value is -2.79. The Kier molecular flexibility index (Phi) is 12.3. The van der Waals surface area contributed by atoms with Gasteiger partial charge < -0.3 is 28.1 Å². The summed E-state index contributed by atoms with van der Waals surface area (Å²) in [5, 5.41) is 11.2. The van der Waals surface area contributed by atoms with Crippen LogP contribution in [0.25, 0.3) is 0 Å². The Morgan fingerprint density at radius 3 is 1.79 bits per heavy atom. The number of benzene rings is 2. The van der Waals surface area contributed by atoms with Crippen molar-refractivity contribution in [2.24, 2.45) is 10.2 Å². The lowest BCUT2D eigenvalue weighted by Gasteiger charge is -2.28. The summed E-state index contributed by atoms with van der Waals surface area (Å²) in [6, 6.07) is 15.0. The third-order valence-corrected chi connectivity index (χ3v) is 7.79.